The van der Waals surface area contributed by atoms with Crippen molar-refractivity contribution in [1.82, 2.24) is 0 Å². The van der Waals surface area contributed by atoms with Gasteiger partial charge in [-0.2, -0.15) is 0 Å². The van der Waals surface area contributed by atoms with E-state index < -0.39 is 5.97 Å². The monoisotopic (exact) mass is 212 g/mol. The molecule has 0 amide bonds. The number of aliphatic hydroxyl groups excluding tert-OH is 1. The van der Waals surface area contributed by atoms with E-state index >= 15 is 0 Å². The van der Waals surface area contributed by atoms with Gasteiger partial charge >= 0.3 is 5.97 Å². The van der Waals surface area contributed by atoms with E-state index in [2.05, 4.69) is 12.7 Å². The van der Waals surface area contributed by atoms with Gasteiger partial charge in [0.25, 0.3) is 0 Å². The number of unbranched alkanes of at least 4 members (excludes halogenated alkanes) is 3. The molecule has 0 atom stereocenters. The molecule has 0 aromatic carbocycles. The van der Waals surface area contributed by atoms with Crippen LogP contribution in [0.4, 0.5) is 0 Å². The summed E-state index contributed by atoms with van der Waals surface area (Å²) in [7, 11) is 0. The number of esters is 1. The first-order valence-corrected chi connectivity index (χ1v) is 5.42. The Labute approximate surface area is 91.4 Å². The number of hydrogen-bond donors (Lipinski definition) is 1. The fourth-order valence-electron chi connectivity index (χ4n) is 1.03. The summed E-state index contributed by atoms with van der Waals surface area (Å²) in [5, 5.41) is 8.46. The van der Waals surface area contributed by atoms with Gasteiger partial charge in [0, 0.05) is 0 Å². The Kier molecular flexibility index (Phi) is 8.84. The zero-order valence-electron chi connectivity index (χ0n) is 9.58. The molecule has 0 aliphatic rings. The second-order valence-corrected chi connectivity index (χ2v) is 3.33. The SMILES string of the molecule is CCCCCC=C=C(C)C(=O)OCCO. The molecule has 1 N–H and O–H groups in total. The molecule has 0 bridgehead atoms. The molecule has 0 unspecified atom stereocenters. The fraction of sp³-hybridized carbons (Fsp3) is 0.667. The second-order valence-electron chi connectivity index (χ2n) is 3.33. The van der Waals surface area contributed by atoms with Crippen molar-refractivity contribution in [3.8, 4) is 0 Å². The van der Waals surface area contributed by atoms with E-state index in [1.54, 1.807) is 6.92 Å². The highest BCUT2D eigenvalue weighted by Gasteiger charge is 2.02. The molecule has 0 aliphatic carbocycles. The van der Waals surface area contributed by atoms with Crippen molar-refractivity contribution in [3.05, 3.63) is 17.4 Å². The molecule has 0 rings (SSSR count). The van der Waals surface area contributed by atoms with Gasteiger partial charge in [-0.25, -0.2) is 4.79 Å². The number of hydrogen-bond acceptors (Lipinski definition) is 3. The van der Waals surface area contributed by atoms with Crippen LogP contribution in [0.1, 0.15) is 39.5 Å². The number of carbonyl (C=O) groups is 1. The molecule has 0 aromatic heterocycles. The lowest BCUT2D eigenvalue weighted by Gasteiger charge is -1.99. The predicted molar refractivity (Wildman–Crippen MR) is 59.5 cm³/mol. The van der Waals surface area contributed by atoms with E-state index in [4.69, 9.17) is 9.84 Å². The Hall–Kier alpha value is -1.05. The Morgan fingerprint density at radius 2 is 2.20 bits per heavy atom. The highest BCUT2D eigenvalue weighted by atomic mass is 16.5. The predicted octanol–water partition coefficient (Wildman–Crippen LogP) is 2.20. The first kappa shape index (κ1) is 13.9. The average Bonchev–Trinajstić information content (AvgIpc) is 2.25. The van der Waals surface area contributed by atoms with Crippen LogP contribution in [0.2, 0.25) is 0 Å². The Morgan fingerprint density at radius 3 is 2.80 bits per heavy atom. The molecule has 0 spiro atoms. The Morgan fingerprint density at radius 1 is 1.47 bits per heavy atom. The lowest BCUT2D eigenvalue weighted by molar-refractivity contribution is -0.139. The maximum atomic E-state index is 11.2. The molecule has 3 nitrogen and oxygen atoms in total. The summed E-state index contributed by atoms with van der Waals surface area (Å²) in [6, 6.07) is 0. The van der Waals surface area contributed by atoms with Gasteiger partial charge in [0.2, 0.25) is 0 Å². The Bertz CT molecular complexity index is 237. The number of ether oxygens (including phenoxy) is 1. The third-order valence-corrected chi connectivity index (χ3v) is 1.90. The number of rotatable bonds is 7. The van der Waals surface area contributed by atoms with Crippen LogP contribution < -0.4 is 0 Å². The van der Waals surface area contributed by atoms with Crippen LogP contribution in [0.3, 0.4) is 0 Å². The van der Waals surface area contributed by atoms with Crippen LogP contribution in [0.5, 0.6) is 0 Å². The van der Waals surface area contributed by atoms with Crippen LogP contribution >= 0.6 is 0 Å². The van der Waals surface area contributed by atoms with E-state index in [0.717, 1.165) is 12.8 Å². The van der Waals surface area contributed by atoms with Crippen LogP contribution in [-0.2, 0) is 9.53 Å². The standard InChI is InChI=1S/C12H20O3/c1-3-4-5-6-7-8-11(2)12(14)15-10-9-13/h7,13H,3-6,9-10H2,1-2H3. The molecule has 0 aromatic rings. The first-order valence-electron chi connectivity index (χ1n) is 5.42. The van der Waals surface area contributed by atoms with Gasteiger partial charge in [0.1, 0.15) is 6.61 Å². The van der Waals surface area contributed by atoms with Gasteiger partial charge in [-0.3, -0.25) is 0 Å². The molecule has 86 valence electrons. The highest BCUT2D eigenvalue weighted by molar-refractivity contribution is 5.87. The number of carbonyl (C=O) groups excluding carboxylic acids is 1. The number of aliphatic hydroxyl groups is 1. The smallest absolute Gasteiger partial charge is 0.341 e. The van der Waals surface area contributed by atoms with Gasteiger partial charge in [0.05, 0.1) is 12.2 Å². The minimum Gasteiger partial charge on any atom is -0.459 e. The normalized spacial score (nSPS) is 9.27. The van der Waals surface area contributed by atoms with Crippen molar-refractivity contribution in [2.75, 3.05) is 13.2 Å². The zero-order valence-corrected chi connectivity index (χ0v) is 9.58. The lowest BCUT2D eigenvalue weighted by Crippen LogP contribution is -2.08. The highest BCUT2D eigenvalue weighted by Crippen LogP contribution is 2.00. The van der Waals surface area contributed by atoms with Crippen molar-refractivity contribution >= 4 is 5.97 Å². The van der Waals surface area contributed by atoms with Crippen LogP contribution in [0.25, 0.3) is 0 Å². The molecule has 0 saturated heterocycles. The molecule has 0 aliphatic heterocycles. The van der Waals surface area contributed by atoms with Crippen molar-refractivity contribution < 1.29 is 14.6 Å². The molecular formula is C12H20O3. The minimum absolute atomic E-state index is 0.0493. The summed E-state index contributed by atoms with van der Waals surface area (Å²) in [6.07, 6.45) is 6.33. The molecule has 0 saturated carbocycles. The summed E-state index contributed by atoms with van der Waals surface area (Å²) in [5.41, 5.74) is 3.34. The average molecular weight is 212 g/mol. The molecule has 0 fully saturated rings. The fourth-order valence-corrected chi connectivity index (χ4v) is 1.03. The van der Waals surface area contributed by atoms with Crippen LogP contribution in [-0.4, -0.2) is 24.3 Å². The summed E-state index contributed by atoms with van der Waals surface area (Å²) in [6.45, 7) is 3.72. The van der Waals surface area contributed by atoms with Gasteiger partial charge in [0.15, 0.2) is 0 Å². The van der Waals surface area contributed by atoms with E-state index in [-0.39, 0.29) is 13.2 Å². The minimum atomic E-state index is -0.407. The van der Waals surface area contributed by atoms with Gasteiger partial charge < -0.3 is 9.84 Å². The molecule has 0 radical (unpaired) electrons. The topological polar surface area (TPSA) is 46.5 Å². The molecule has 3 heteroatoms. The largest absolute Gasteiger partial charge is 0.459 e. The third-order valence-electron chi connectivity index (χ3n) is 1.90. The summed E-state index contributed by atoms with van der Waals surface area (Å²) in [5.74, 6) is -0.407. The maximum absolute atomic E-state index is 11.2. The first-order chi connectivity index (χ1) is 7.22. The Balaban J connectivity index is 3.89. The molecule has 15 heavy (non-hydrogen) atoms. The third kappa shape index (κ3) is 7.98. The summed E-state index contributed by atoms with van der Waals surface area (Å²) >= 11 is 0. The quantitative estimate of drug-likeness (QED) is 0.304. The molecular weight excluding hydrogens is 192 g/mol. The summed E-state index contributed by atoms with van der Waals surface area (Å²) in [4.78, 5) is 11.2. The lowest BCUT2D eigenvalue weighted by atomic mass is 10.2. The van der Waals surface area contributed by atoms with E-state index in [0.29, 0.717) is 5.57 Å². The van der Waals surface area contributed by atoms with Gasteiger partial charge in [-0.15, -0.1) is 5.73 Å². The van der Waals surface area contributed by atoms with Gasteiger partial charge in [-0.1, -0.05) is 19.8 Å². The van der Waals surface area contributed by atoms with Crippen LogP contribution in [0, 0.1) is 0 Å². The van der Waals surface area contributed by atoms with Gasteiger partial charge in [-0.05, 0) is 25.8 Å². The van der Waals surface area contributed by atoms with E-state index in [9.17, 15) is 4.79 Å². The van der Waals surface area contributed by atoms with Crippen LogP contribution in [0.15, 0.2) is 17.4 Å². The van der Waals surface area contributed by atoms with Crippen molar-refractivity contribution in [3.63, 3.8) is 0 Å². The van der Waals surface area contributed by atoms with Crippen molar-refractivity contribution in [2.24, 2.45) is 0 Å². The van der Waals surface area contributed by atoms with E-state index in [1.165, 1.54) is 12.8 Å². The van der Waals surface area contributed by atoms with Crippen molar-refractivity contribution in [1.29, 1.82) is 0 Å². The zero-order chi connectivity index (χ0) is 11.5. The second kappa shape index (κ2) is 9.50. The van der Waals surface area contributed by atoms with Crippen molar-refractivity contribution in [2.45, 2.75) is 39.5 Å². The maximum Gasteiger partial charge on any atom is 0.341 e. The molecule has 0 heterocycles. The summed E-state index contributed by atoms with van der Waals surface area (Å²) < 4.78 is 4.72. The van der Waals surface area contributed by atoms with E-state index in [1.807, 2.05) is 6.08 Å².